The van der Waals surface area contributed by atoms with E-state index < -0.39 is 18.2 Å². The summed E-state index contributed by atoms with van der Waals surface area (Å²) in [5.41, 5.74) is 0. The molecule has 0 saturated heterocycles. The monoisotopic (exact) mass is 776 g/mol. The van der Waals surface area contributed by atoms with Crippen LogP contribution in [0.1, 0.15) is 252 Å². The topological polar surface area (TPSA) is 95.9 Å². The maximum absolute atomic E-state index is 13.1. The van der Waals surface area contributed by atoms with Gasteiger partial charge in [-0.05, 0) is 51.4 Å². The van der Waals surface area contributed by atoms with E-state index in [4.69, 9.17) is 4.74 Å². The first-order chi connectivity index (χ1) is 27.0. The van der Waals surface area contributed by atoms with Gasteiger partial charge in [-0.1, -0.05) is 212 Å². The molecule has 0 heterocycles. The summed E-state index contributed by atoms with van der Waals surface area (Å²) in [6.07, 6.45) is 48.1. The first-order valence-electron chi connectivity index (χ1n) is 24.1. The van der Waals surface area contributed by atoms with E-state index in [1.807, 2.05) is 0 Å². The molecule has 0 fully saturated rings. The Morgan fingerprint density at radius 3 is 1.47 bits per heavy atom. The Labute approximate surface area is 341 Å². The molecule has 0 aromatic carbocycles. The number of aliphatic hydroxyl groups excluding tert-OH is 2. The lowest BCUT2D eigenvalue weighted by molar-refractivity contribution is -0.151. The molecule has 0 saturated carbocycles. The summed E-state index contributed by atoms with van der Waals surface area (Å²) in [6.45, 7) is 6.37. The molecule has 324 valence electrons. The molecule has 0 radical (unpaired) electrons. The lowest BCUT2D eigenvalue weighted by Gasteiger charge is -2.24. The third-order valence-electron chi connectivity index (χ3n) is 11.0. The maximum Gasteiger partial charge on any atom is 0.306 e. The van der Waals surface area contributed by atoms with Crippen molar-refractivity contribution in [2.45, 2.75) is 270 Å². The van der Waals surface area contributed by atoms with Gasteiger partial charge in [-0.25, -0.2) is 0 Å². The second kappa shape index (κ2) is 43.5. The Balaban J connectivity index is 4.57. The second-order valence-corrected chi connectivity index (χ2v) is 16.5. The highest BCUT2D eigenvalue weighted by molar-refractivity contribution is 5.77. The molecule has 0 rings (SSSR count). The molecular formula is C49H93NO5. The van der Waals surface area contributed by atoms with E-state index in [2.05, 4.69) is 50.4 Å². The van der Waals surface area contributed by atoms with Gasteiger partial charge in [0.1, 0.15) is 6.10 Å². The van der Waals surface area contributed by atoms with Gasteiger partial charge in [-0.3, -0.25) is 9.59 Å². The molecule has 0 aliphatic rings. The minimum Gasteiger partial charge on any atom is -0.462 e. The van der Waals surface area contributed by atoms with Crippen molar-refractivity contribution in [3.05, 3.63) is 24.3 Å². The van der Waals surface area contributed by atoms with Crippen LogP contribution in [-0.2, 0) is 14.3 Å². The molecular weight excluding hydrogens is 683 g/mol. The number of unbranched alkanes of at least 4 members (excludes halogenated alkanes) is 27. The number of carbonyl (C=O) groups is 2. The number of carbonyl (C=O) groups excluding carboxylic acids is 2. The fourth-order valence-corrected chi connectivity index (χ4v) is 7.41. The molecule has 0 aliphatic heterocycles. The first kappa shape index (κ1) is 53.3. The summed E-state index contributed by atoms with van der Waals surface area (Å²) in [4.78, 5) is 26.0. The predicted molar refractivity (Wildman–Crippen MR) is 236 cm³/mol. The van der Waals surface area contributed by atoms with Crippen molar-refractivity contribution in [1.29, 1.82) is 0 Å². The molecule has 0 aliphatic carbocycles. The standard InChI is InChI=1S/C49H93NO5/c1-4-7-10-13-16-19-22-24-27-30-33-36-39-42-49(54)55-45(40-37-34-31-28-26-23-20-17-14-11-8-5-2)43-48(53)50-46(44-51)47(52)41-38-35-32-29-25-21-18-15-12-9-6-3/h8,11,17,20,45-47,51-52H,4-7,9-10,12-16,18-19,21-44H2,1-3H3,(H,50,53)/b11-8+,20-17+. The van der Waals surface area contributed by atoms with E-state index in [0.717, 1.165) is 77.0 Å². The smallest absolute Gasteiger partial charge is 0.306 e. The SMILES string of the molecule is CC/C=C/C/C=C/CCCCCCCC(CC(=O)NC(CO)C(O)CCCCCCCCCCCCC)OC(=O)CCCCCCCCCCCCCCC. The summed E-state index contributed by atoms with van der Waals surface area (Å²) in [7, 11) is 0. The van der Waals surface area contributed by atoms with Gasteiger partial charge >= 0.3 is 5.97 Å². The lowest BCUT2D eigenvalue weighted by Crippen LogP contribution is -2.46. The number of amides is 1. The van der Waals surface area contributed by atoms with Gasteiger partial charge in [-0.2, -0.15) is 0 Å². The summed E-state index contributed by atoms with van der Waals surface area (Å²) >= 11 is 0. The molecule has 55 heavy (non-hydrogen) atoms. The number of hydrogen-bond donors (Lipinski definition) is 3. The Bertz CT molecular complexity index is 873. The van der Waals surface area contributed by atoms with E-state index in [-0.39, 0.29) is 24.9 Å². The van der Waals surface area contributed by atoms with Gasteiger partial charge in [0.2, 0.25) is 5.91 Å². The fraction of sp³-hybridized carbons (Fsp3) is 0.878. The summed E-state index contributed by atoms with van der Waals surface area (Å²) in [5.74, 6) is -0.479. The van der Waals surface area contributed by atoms with Crippen LogP contribution in [0.15, 0.2) is 24.3 Å². The lowest BCUT2D eigenvalue weighted by atomic mass is 10.0. The zero-order valence-corrected chi connectivity index (χ0v) is 36.8. The maximum atomic E-state index is 13.1. The van der Waals surface area contributed by atoms with Gasteiger partial charge in [0.25, 0.3) is 0 Å². The molecule has 0 aromatic heterocycles. The third kappa shape index (κ3) is 39.0. The van der Waals surface area contributed by atoms with Crippen LogP contribution in [0.25, 0.3) is 0 Å². The van der Waals surface area contributed by atoms with Crippen LogP contribution in [0.2, 0.25) is 0 Å². The van der Waals surface area contributed by atoms with Crippen LogP contribution < -0.4 is 5.32 Å². The van der Waals surface area contributed by atoms with Gasteiger partial charge in [0, 0.05) is 6.42 Å². The van der Waals surface area contributed by atoms with Crippen LogP contribution in [-0.4, -0.2) is 46.9 Å². The number of allylic oxidation sites excluding steroid dienone is 4. The van der Waals surface area contributed by atoms with E-state index in [1.165, 1.54) is 128 Å². The van der Waals surface area contributed by atoms with Crippen molar-refractivity contribution in [3.63, 3.8) is 0 Å². The highest BCUT2D eigenvalue weighted by Gasteiger charge is 2.24. The molecule has 0 bridgehead atoms. The third-order valence-corrected chi connectivity index (χ3v) is 11.0. The van der Waals surface area contributed by atoms with Crippen LogP contribution in [0.3, 0.4) is 0 Å². The van der Waals surface area contributed by atoms with Gasteiger partial charge in [-0.15, -0.1) is 0 Å². The highest BCUT2D eigenvalue weighted by atomic mass is 16.5. The highest BCUT2D eigenvalue weighted by Crippen LogP contribution is 2.18. The van der Waals surface area contributed by atoms with Gasteiger partial charge in [0.15, 0.2) is 0 Å². The molecule has 3 atom stereocenters. The summed E-state index contributed by atoms with van der Waals surface area (Å²) in [5, 5.41) is 23.7. The number of aliphatic hydroxyl groups is 2. The summed E-state index contributed by atoms with van der Waals surface area (Å²) in [6, 6.07) is -0.700. The Hall–Kier alpha value is -1.66. The Morgan fingerprint density at radius 2 is 0.982 bits per heavy atom. The minimum absolute atomic E-state index is 0.0727. The predicted octanol–water partition coefficient (Wildman–Crippen LogP) is 14.0. The van der Waals surface area contributed by atoms with Crippen molar-refractivity contribution in [3.8, 4) is 0 Å². The number of nitrogens with one attached hydrogen (secondary N) is 1. The molecule has 3 unspecified atom stereocenters. The molecule has 6 nitrogen and oxygen atoms in total. The Morgan fingerprint density at radius 1 is 0.545 bits per heavy atom. The molecule has 6 heteroatoms. The van der Waals surface area contributed by atoms with Gasteiger partial charge in [0.05, 0.1) is 25.2 Å². The minimum atomic E-state index is -0.785. The normalized spacial score (nSPS) is 13.5. The second-order valence-electron chi connectivity index (χ2n) is 16.5. The average Bonchev–Trinajstić information content (AvgIpc) is 3.18. The van der Waals surface area contributed by atoms with Crippen molar-refractivity contribution >= 4 is 11.9 Å². The van der Waals surface area contributed by atoms with Gasteiger partial charge < -0.3 is 20.3 Å². The zero-order valence-electron chi connectivity index (χ0n) is 36.8. The van der Waals surface area contributed by atoms with Crippen molar-refractivity contribution < 1.29 is 24.5 Å². The number of esters is 1. The van der Waals surface area contributed by atoms with E-state index >= 15 is 0 Å². The van der Waals surface area contributed by atoms with E-state index in [0.29, 0.717) is 19.3 Å². The van der Waals surface area contributed by atoms with Crippen molar-refractivity contribution in [2.75, 3.05) is 6.61 Å². The number of hydrogen-bond acceptors (Lipinski definition) is 5. The van der Waals surface area contributed by atoms with Crippen LogP contribution in [0.5, 0.6) is 0 Å². The number of rotatable bonds is 43. The van der Waals surface area contributed by atoms with E-state index in [9.17, 15) is 19.8 Å². The average molecular weight is 776 g/mol. The molecule has 3 N–H and O–H groups in total. The van der Waals surface area contributed by atoms with Crippen molar-refractivity contribution in [2.24, 2.45) is 0 Å². The quantitative estimate of drug-likeness (QED) is 0.0326. The zero-order chi connectivity index (χ0) is 40.3. The molecule has 0 aromatic rings. The largest absolute Gasteiger partial charge is 0.462 e. The van der Waals surface area contributed by atoms with Crippen LogP contribution in [0.4, 0.5) is 0 Å². The molecule has 1 amide bonds. The van der Waals surface area contributed by atoms with Crippen molar-refractivity contribution in [1.82, 2.24) is 5.32 Å². The summed E-state index contributed by atoms with van der Waals surface area (Å²) < 4.78 is 5.91. The van der Waals surface area contributed by atoms with E-state index in [1.54, 1.807) is 0 Å². The first-order valence-corrected chi connectivity index (χ1v) is 24.1. The van der Waals surface area contributed by atoms with Crippen LogP contribution >= 0.6 is 0 Å². The molecule has 0 spiro atoms. The fourth-order valence-electron chi connectivity index (χ4n) is 7.41. The Kier molecular flexibility index (Phi) is 42.2. The number of ether oxygens (including phenoxy) is 1. The van der Waals surface area contributed by atoms with Crippen LogP contribution in [0, 0.1) is 0 Å².